The summed E-state index contributed by atoms with van der Waals surface area (Å²) in [5.41, 5.74) is 0.0942. The van der Waals surface area contributed by atoms with Crippen LogP contribution in [0.1, 0.15) is 30.6 Å². The summed E-state index contributed by atoms with van der Waals surface area (Å²) in [7, 11) is 0. The average molecular weight is 244 g/mol. The van der Waals surface area contributed by atoms with E-state index in [-0.39, 0.29) is 17.3 Å². The summed E-state index contributed by atoms with van der Waals surface area (Å²) in [4.78, 5) is 11.8. The van der Waals surface area contributed by atoms with E-state index in [1.54, 1.807) is 0 Å². The Kier molecular flexibility index (Phi) is 4.30. The number of hydrogen-bond acceptors (Lipinski definition) is 1. The first-order valence-corrected chi connectivity index (χ1v) is 5.62. The van der Waals surface area contributed by atoms with Crippen molar-refractivity contribution in [3.63, 3.8) is 0 Å². The molecule has 16 heavy (non-hydrogen) atoms. The Labute approximate surface area is 99.8 Å². The van der Waals surface area contributed by atoms with Crippen molar-refractivity contribution in [2.24, 2.45) is 0 Å². The molecular formula is C12H15ClFNO. The van der Waals surface area contributed by atoms with Crippen LogP contribution in [0.4, 0.5) is 4.39 Å². The van der Waals surface area contributed by atoms with Crippen molar-refractivity contribution in [1.82, 2.24) is 5.32 Å². The largest absolute Gasteiger partial charge is 0.347 e. The van der Waals surface area contributed by atoms with Gasteiger partial charge in [0.15, 0.2) is 0 Å². The lowest BCUT2D eigenvalue weighted by atomic mass is 10.0. The molecule has 2 nitrogen and oxygen atoms in total. The highest BCUT2D eigenvalue weighted by atomic mass is 35.5. The van der Waals surface area contributed by atoms with Crippen molar-refractivity contribution in [3.05, 3.63) is 35.6 Å². The molecule has 0 aliphatic heterocycles. The molecule has 1 rings (SSSR count). The lowest BCUT2D eigenvalue weighted by Gasteiger charge is -2.25. The summed E-state index contributed by atoms with van der Waals surface area (Å²) in [6, 6.07) is 5.45. The van der Waals surface area contributed by atoms with E-state index in [0.717, 1.165) is 0 Å². The minimum absolute atomic E-state index is 0.213. The van der Waals surface area contributed by atoms with Crippen LogP contribution in [0.5, 0.6) is 0 Å². The molecule has 0 aliphatic carbocycles. The molecule has 0 aliphatic rings. The Morgan fingerprint density at radius 2 is 1.94 bits per heavy atom. The summed E-state index contributed by atoms with van der Waals surface area (Å²) in [5, 5.41) is 2.85. The molecule has 1 aromatic carbocycles. The highest BCUT2D eigenvalue weighted by molar-refractivity contribution is 6.17. The van der Waals surface area contributed by atoms with Crippen LogP contribution in [-0.2, 0) is 0 Å². The number of halogens is 2. The van der Waals surface area contributed by atoms with Crippen LogP contribution < -0.4 is 5.32 Å². The van der Waals surface area contributed by atoms with E-state index < -0.39 is 0 Å². The van der Waals surface area contributed by atoms with Gasteiger partial charge in [-0.1, -0.05) is 0 Å². The van der Waals surface area contributed by atoms with E-state index in [9.17, 15) is 9.18 Å². The Morgan fingerprint density at radius 3 is 2.44 bits per heavy atom. The van der Waals surface area contributed by atoms with E-state index in [0.29, 0.717) is 17.9 Å². The summed E-state index contributed by atoms with van der Waals surface area (Å²) >= 11 is 5.64. The average Bonchev–Trinajstić information content (AvgIpc) is 2.17. The molecule has 0 heterocycles. The molecule has 0 bridgehead atoms. The van der Waals surface area contributed by atoms with Gasteiger partial charge in [-0.3, -0.25) is 4.79 Å². The Balaban J connectivity index is 2.69. The third-order valence-corrected chi connectivity index (χ3v) is 2.47. The Bertz CT molecular complexity index is 362. The van der Waals surface area contributed by atoms with Crippen LogP contribution in [0.3, 0.4) is 0 Å². The molecule has 0 saturated carbocycles. The molecule has 0 aromatic heterocycles. The summed E-state index contributed by atoms with van der Waals surface area (Å²) in [5.74, 6) is -0.0804. The van der Waals surface area contributed by atoms with Gasteiger partial charge in [0, 0.05) is 17.0 Å². The first-order valence-electron chi connectivity index (χ1n) is 5.09. The van der Waals surface area contributed by atoms with Gasteiger partial charge in [0.1, 0.15) is 5.82 Å². The maximum Gasteiger partial charge on any atom is 0.251 e. The molecule has 0 radical (unpaired) electrons. The van der Waals surface area contributed by atoms with E-state index in [1.165, 1.54) is 24.3 Å². The van der Waals surface area contributed by atoms with Gasteiger partial charge < -0.3 is 5.32 Å². The van der Waals surface area contributed by atoms with Gasteiger partial charge in [-0.15, -0.1) is 11.6 Å². The second-order valence-corrected chi connectivity index (χ2v) is 4.66. The van der Waals surface area contributed by atoms with Gasteiger partial charge in [0.2, 0.25) is 0 Å². The Morgan fingerprint density at radius 1 is 1.38 bits per heavy atom. The van der Waals surface area contributed by atoms with Crippen molar-refractivity contribution >= 4 is 17.5 Å². The van der Waals surface area contributed by atoms with Gasteiger partial charge >= 0.3 is 0 Å². The zero-order valence-electron chi connectivity index (χ0n) is 9.39. The quantitative estimate of drug-likeness (QED) is 0.810. The Hall–Kier alpha value is -1.09. The van der Waals surface area contributed by atoms with Gasteiger partial charge in [-0.05, 0) is 44.5 Å². The van der Waals surface area contributed by atoms with Gasteiger partial charge in [-0.25, -0.2) is 4.39 Å². The van der Waals surface area contributed by atoms with E-state index in [4.69, 9.17) is 11.6 Å². The minimum atomic E-state index is -0.354. The topological polar surface area (TPSA) is 29.1 Å². The SMILES string of the molecule is CC(C)(CCCl)NC(=O)c1ccc(F)cc1. The lowest BCUT2D eigenvalue weighted by molar-refractivity contribution is 0.0911. The molecule has 0 fully saturated rings. The first-order chi connectivity index (χ1) is 7.44. The number of hydrogen-bond donors (Lipinski definition) is 1. The van der Waals surface area contributed by atoms with Crippen molar-refractivity contribution < 1.29 is 9.18 Å². The summed E-state index contributed by atoms with van der Waals surface area (Å²) in [6.07, 6.45) is 0.682. The van der Waals surface area contributed by atoms with Crippen molar-refractivity contribution in [2.75, 3.05) is 5.88 Å². The maximum atomic E-state index is 12.7. The molecule has 4 heteroatoms. The third kappa shape index (κ3) is 3.81. The van der Waals surface area contributed by atoms with E-state index in [1.807, 2.05) is 13.8 Å². The number of carbonyl (C=O) groups is 1. The van der Waals surface area contributed by atoms with Crippen molar-refractivity contribution in [1.29, 1.82) is 0 Å². The fourth-order valence-electron chi connectivity index (χ4n) is 1.28. The van der Waals surface area contributed by atoms with Gasteiger partial charge in [0.05, 0.1) is 0 Å². The lowest BCUT2D eigenvalue weighted by Crippen LogP contribution is -2.43. The zero-order chi connectivity index (χ0) is 12.2. The number of carbonyl (C=O) groups excluding carboxylic acids is 1. The number of benzene rings is 1. The molecule has 0 unspecified atom stereocenters. The van der Waals surface area contributed by atoms with Crippen LogP contribution in [0, 0.1) is 5.82 Å². The number of rotatable bonds is 4. The standard InChI is InChI=1S/C12H15ClFNO/c1-12(2,7-8-13)15-11(16)9-3-5-10(14)6-4-9/h3-6H,7-8H2,1-2H3,(H,15,16). The molecular weight excluding hydrogens is 229 g/mol. The van der Waals surface area contributed by atoms with Gasteiger partial charge in [-0.2, -0.15) is 0 Å². The van der Waals surface area contributed by atoms with Crippen LogP contribution in [-0.4, -0.2) is 17.3 Å². The van der Waals surface area contributed by atoms with Crippen LogP contribution in [0.25, 0.3) is 0 Å². The number of amides is 1. The van der Waals surface area contributed by atoms with Crippen molar-refractivity contribution in [3.8, 4) is 0 Å². The smallest absolute Gasteiger partial charge is 0.251 e. The number of alkyl halides is 1. The zero-order valence-corrected chi connectivity index (χ0v) is 10.1. The van der Waals surface area contributed by atoms with E-state index >= 15 is 0 Å². The molecule has 0 atom stereocenters. The fraction of sp³-hybridized carbons (Fsp3) is 0.417. The van der Waals surface area contributed by atoms with Crippen LogP contribution in [0.15, 0.2) is 24.3 Å². The molecule has 1 N–H and O–H groups in total. The maximum absolute atomic E-state index is 12.7. The summed E-state index contributed by atoms with van der Waals surface area (Å²) in [6.45, 7) is 3.80. The van der Waals surface area contributed by atoms with Crippen molar-refractivity contribution in [2.45, 2.75) is 25.8 Å². The summed E-state index contributed by atoms with van der Waals surface area (Å²) < 4.78 is 12.7. The van der Waals surface area contributed by atoms with Crippen LogP contribution in [0.2, 0.25) is 0 Å². The normalized spacial score (nSPS) is 11.2. The highest BCUT2D eigenvalue weighted by Gasteiger charge is 2.20. The molecule has 1 aromatic rings. The predicted octanol–water partition coefficient (Wildman–Crippen LogP) is 2.96. The first kappa shape index (κ1) is 13.0. The number of nitrogens with one attached hydrogen (secondary N) is 1. The second-order valence-electron chi connectivity index (χ2n) is 4.28. The molecule has 88 valence electrons. The monoisotopic (exact) mass is 243 g/mol. The fourth-order valence-corrected chi connectivity index (χ4v) is 1.75. The second kappa shape index (κ2) is 5.30. The third-order valence-electron chi connectivity index (χ3n) is 2.28. The highest BCUT2D eigenvalue weighted by Crippen LogP contribution is 2.11. The predicted molar refractivity (Wildman–Crippen MR) is 63.3 cm³/mol. The van der Waals surface area contributed by atoms with Gasteiger partial charge in [0.25, 0.3) is 5.91 Å². The molecule has 0 saturated heterocycles. The van der Waals surface area contributed by atoms with E-state index in [2.05, 4.69) is 5.32 Å². The minimum Gasteiger partial charge on any atom is -0.347 e. The molecule has 1 amide bonds. The van der Waals surface area contributed by atoms with Crippen LogP contribution >= 0.6 is 11.6 Å². The molecule has 0 spiro atoms.